The fraction of sp³-hybridized carbons (Fsp3) is 0.375. The third kappa shape index (κ3) is 2.73. The van der Waals surface area contributed by atoms with Crippen molar-refractivity contribution in [3.05, 3.63) is 52.2 Å². The van der Waals surface area contributed by atoms with Crippen LogP contribution in [0.5, 0.6) is 5.75 Å². The molecule has 1 aromatic heterocycles. The topological polar surface area (TPSA) is 24.5 Å². The molecule has 0 bridgehead atoms. The van der Waals surface area contributed by atoms with Gasteiger partial charge in [-0.25, -0.2) is 0 Å². The van der Waals surface area contributed by atoms with E-state index in [1.807, 2.05) is 17.4 Å². The number of nitrogens with zero attached hydrogens (tertiary/aromatic N) is 1. The quantitative estimate of drug-likeness (QED) is 0.936. The molecule has 1 atom stereocenters. The minimum Gasteiger partial charge on any atom is -0.496 e. The monoisotopic (exact) mass is 288 g/mol. The van der Waals surface area contributed by atoms with E-state index < -0.39 is 0 Å². The summed E-state index contributed by atoms with van der Waals surface area (Å²) in [6.07, 6.45) is 0. The van der Waals surface area contributed by atoms with Crippen molar-refractivity contribution in [2.24, 2.45) is 0 Å². The summed E-state index contributed by atoms with van der Waals surface area (Å²) < 4.78 is 5.58. The van der Waals surface area contributed by atoms with Gasteiger partial charge in [0.1, 0.15) is 5.75 Å². The molecule has 3 nitrogen and oxygen atoms in total. The molecule has 0 amide bonds. The van der Waals surface area contributed by atoms with Crippen molar-refractivity contribution in [1.82, 2.24) is 10.2 Å². The van der Waals surface area contributed by atoms with Crippen molar-refractivity contribution in [3.63, 3.8) is 0 Å². The number of hydrogen-bond donors (Lipinski definition) is 1. The summed E-state index contributed by atoms with van der Waals surface area (Å²) in [7, 11) is 1.75. The average molecular weight is 288 g/mol. The van der Waals surface area contributed by atoms with Gasteiger partial charge in [-0.2, -0.15) is 0 Å². The molecule has 106 valence electrons. The van der Waals surface area contributed by atoms with E-state index in [9.17, 15) is 0 Å². The fourth-order valence-corrected chi connectivity index (χ4v) is 3.69. The van der Waals surface area contributed by atoms with E-state index in [-0.39, 0.29) is 0 Å². The van der Waals surface area contributed by atoms with Gasteiger partial charge in [0.05, 0.1) is 13.2 Å². The lowest BCUT2D eigenvalue weighted by Crippen LogP contribution is -2.45. The van der Waals surface area contributed by atoms with Crippen LogP contribution in [0, 0.1) is 0 Å². The van der Waals surface area contributed by atoms with Crippen LogP contribution >= 0.6 is 11.3 Å². The van der Waals surface area contributed by atoms with Crippen molar-refractivity contribution in [2.75, 3.05) is 33.3 Å². The van der Waals surface area contributed by atoms with Gasteiger partial charge >= 0.3 is 0 Å². The fourth-order valence-electron chi connectivity index (χ4n) is 2.81. The number of thiophene rings is 1. The second-order valence-electron chi connectivity index (χ2n) is 4.95. The molecule has 2 heterocycles. The van der Waals surface area contributed by atoms with E-state index in [4.69, 9.17) is 4.74 Å². The van der Waals surface area contributed by atoms with Crippen LogP contribution in [0.25, 0.3) is 0 Å². The maximum atomic E-state index is 5.58. The Kier molecular flexibility index (Phi) is 4.35. The van der Waals surface area contributed by atoms with Crippen molar-refractivity contribution in [2.45, 2.75) is 6.04 Å². The predicted octanol–water partition coefficient (Wildman–Crippen LogP) is 2.75. The van der Waals surface area contributed by atoms with E-state index >= 15 is 0 Å². The highest BCUT2D eigenvalue weighted by Gasteiger charge is 2.26. The van der Waals surface area contributed by atoms with Crippen LogP contribution in [0.3, 0.4) is 0 Å². The van der Waals surface area contributed by atoms with E-state index in [2.05, 4.69) is 45.9 Å². The van der Waals surface area contributed by atoms with Gasteiger partial charge < -0.3 is 10.1 Å². The van der Waals surface area contributed by atoms with Crippen LogP contribution in [0.15, 0.2) is 41.8 Å². The van der Waals surface area contributed by atoms with E-state index in [0.717, 1.165) is 31.9 Å². The van der Waals surface area contributed by atoms with E-state index in [1.165, 1.54) is 10.4 Å². The summed E-state index contributed by atoms with van der Waals surface area (Å²) >= 11 is 1.82. The highest BCUT2D eigenvalue weighted by molar-refractivity contribution is 7.10. The van der Waals surface area contributed by atoms with Crippen LogP contribution in [0.4, 0.5) is 0 Å². The van der Waals surface area contributed by atoms with E-state index in [0.29, 0.717) is 6.04 Å². The number of ether oxygens (including phenoxy) is 1. The molecule has 3 rings (SSSR count). The van der Waals surface area contributed by atoms with Crippen molar-refractivity contribution in [3.8, 4) is 5.75 Å². The summed E-state index contributed by atoms with van der Waals surface area (Å²) in [6.45, 7) is 4.25. The van der Waals surface area contributed by atoms with Crippen molar-refractivity contribution in [1.29, 1.82) is 0 Å². The molecule has 0 radical (unpaired) electrons. The minimum absolute atomic E-state index is 0.299. The molecule has 1 saturated heterocycles. The SMILES string of the molecule is COc1ccccc1[C@@H](c1cccs1)N1CCNCC1. The summed E-state index contributed by atoms with van der Waals surface area (Å²) in [5.74, 6) is 0.976. The first-order valence-corrected chi connectivity index (χ1v) is 7.89. The number of nitrogens with one attached hydrogen (secondary N) is 1. The predicted molar refractivity (Wildman–Crippen MR) is 83.6 cm³/mol. The number of benzene rings is 1. The number of rotatable bonds is 4. The van der Waals surface area contributed by atoms with Crippen LogP contribution in [0.2, 0.25) is 0 Å². The molecule has 1 aliphatic rings. The number of methoxy groups -OCH3 is 1. The lowest BCUT2D eigenvalue weighted by Gasteiger charge is -2.35. The number of piperazine rings is 1. The Balaban J connectivity index is 2.00. The summed E-state index contributed by atoms with van der Waals surface area (Å²) in [6, 6.07) is 13.0. The third-order valence-electron chi connectivity index (χ3n) is 3.76. The first kappa shape index (κ1) is 13.6. The van der Waals surface area contributed by atoms with Gasteiger partial charge in [-0.1, -0.05) is 24.3 Å². The molecule has 1 aromatic carbocycles. The molecule has 0 saturated carbocycles. The van der Waals surface area contributed by atoms with E-state index in [1.54, 1.807) is 7.11 Å². The second kappa shape index (κ2) is 6.39. The van der Waals surface area contributed by atoms with Gasteiger partial charge in [0.2, 0.25) is 0 Å². The zero-order chi connectivity index (χ0) is 13.8. The lowest BCUT2D eigenvalue weighted by molar-refractivity contribution is 0.197. The molecule has 0 spiro atoms. The zero-order valence-corrected chi connectivity index (χ0v) is 12.5. The summed E-state index contributed by atoms with van der Waals surface area (Å²) in [5.41, 5.74) is 1.26. The Labute approximate surface area is 124 Å². The Morgan fingerprint density at radius 1 is 1.15 bits per heavy atom. The molecular formula is C16H20N2OS. The number of para-hydroxylation sites is 1. The van der Waals surface area contributed by atoms with Crippen LogP contribution < -0.4 is 10.1 Å². The molecule has 0 aliphatic carbocycles. The molecular weight excluding hydrogens is 268 g/mol. The summed E-state index contributed by atoms with van der Waals surface area (Å²) in [5, 5.41) is 5.58. The summed E-state index contributed by atoms with van der Waals surface area (Å²) in [4.78, 5) is 3.93. The Hall–Kier alpha value is -1.36. The molecule has 0 unspecified atom stereocenters. The van der Waals surface area contributed by atoms with Crippen LogP contribution in [-0.4, -0.2) is 38.2 Å². The molecule has 1 fully saturated rings. The van der Waals surface area contributed by atoms with Gasteiger partial charge in [0.25, 0.3) is 0 Å². The molecule has 20 heavy (non-hydrogen) atoms. The zero-order valence-electron chi connectivity index (χ0n) is 11.7. The Morgan fingerprint density at radius 2 is 1.95 bits per heavy atom. The first-order valence-electron chi connectivity index (χ1n) is 7.01. The normalized spacial score (nSPS) is 17.9. The third-order valence-corrected chi connectivity index (χ3v) is 4.69. The van der Waals surface area contributed by atoms with Crippen molar-refractivity contribution < 1.29 is 4.74 Å². The smallest absolute Gasteiger partial charge is 0.124 e. The van der Waals surface area contributed by atoms with Crippen molar-refractivity contribution >= 4 is 11.3 Å². The maximum Gasteiger partial charge on any atom is 0.124 e. The van der Waals surface area contributed by atoms with Crippen LogP contribution in [0.1, 0.15) is 16.5 Å². The second-order valence-corrected chi connectivity index (χ2v) is 5.93. The molecule has 1 N–H and O–H groups in total. The Bertz CT molecular complexity index is 535. The Morgan fingerprint density at radius 3 is 2.65 bits per heavy atom. The standard InChI is InChI=1S/C16H20N2OS/c1-19-14-6-3-2-5-13(14)16(15-7-4-12-20-15)18-10-8-17-9-11-18/h2-7,12,16-17H,8-11H2,1H3/t16-/m0/s1. The van der Waals surface area contributed by atoms with Gasteiger partial charge in [-0.3, -0.25) is 4.90 Å². The van der Waals surface area contributed by atoms with Gasteiger partial charge in [-0.05, 0) is 17.5 Å². The number of hydrogen-bond acceptors (Lipinski definition) is 4. The molecule has 4 heteroatoms. The highest BCUT2D eigenvalue weighted by Crippen LogP contribution is 2.36. The van der Waals surface area contributed by atoms with Gasteiger partial charge in [-0.15, -0.1) is 11.3 Å². The molecule has 1 aliphatic heterocycles. The highest BCUT2D eigenvalue weighted by atomic mass is 32.1. The largest absolute Gasteiger partial charge is 0.496 e. The van der Waals surface area contributed by atoms with Gasteiger partial charge in [0.15, 0.2) is 0 Å². The first-order chi connectivity index (χ1) is 9.90. The van der Waals surface area contributed by atoms with Crippen LogP contribution in [-0.2, 0) is 0 Å². The van der Waals surface area contributed by atoms with Gasteiger partial charge in [0, 0.05) is 36.6 Å². The minimum atomic E-state index is 0.299. The molecule has 2 aromatic rings. The lowest BCUT2D eigenvalue weighted by atomic mass is 10.0. The maximum absolute atomic E-state index is 5.58. The average Bonchev–Trinajstić information content (AvgIpc) is 3.03.